The van der Waals surface area contributed by atoms with Gasteiger partial charge in [0.1, 0.15) is 16.2 Å². The smallest absolute Gasteiger partial charge is 0.267 e. The Labute approximate surface area is 160 Å². The maximum Gasteiger partial charge on any atom is 0.267 e. The molecule has 0 radical (unpaired) electrons. The van der Waals surface area contributed by atoms with Crippen LogP contribution in [0.1, 0.15) is 22.3 Å². The minimum Gasteiger partial charge on any atom is -0.506 e. The average molecular weight is 399 g/mol. The van der Waals surface area contributed by atoms with Gasteiger partial charge in [0.05, 0.1) is 11.2 Å². The minimum absolute atomic E-state index is 0.0682. The number of hydrogen-bond acceptors (Lipinski definition) is 5. The quantitative estimate of drug-likeness (QED) is 0.615. The van der Waals surface area contributed by atoms with Crippen molar-refractivity contribution in [2.45, 2.75) is 24.3 Å². The van der Waals surface area contributed by atoms with Crippen molar-refractivity contribution < 1.29 is 18.3 Å². The van der Waals surface area contributed by atoms with Crippen molar-refractivity contribution in [2.75, 3.05) is 5.32 Å². The summed E-state index contributed by atoms with van der Waals surface area (Å²) >= 11 is 0. The van der Waals surface area contributed by atoms with Gasteiger partial charge in [-0.1, -0.05) is 24.3 Å². The van der Waals surface area contributed by atoms with Crippen LogP contribution < -0.4 is 16.0 Å². The van der Waals surface area contributed by atoms with Crippen LogP contribution in [0.15, 0.2) is 52.2 Å². The molecule has 8 nitrogen and oxygen atoms in total. The number of anilines is 1. The zero-order valence-electron chi connectivity index (χ0n) is 14.7. The van der Waals surface area contributed by atoms with Gasteiger partial charge in [0.25, 0.3) is 11.5 Å². The van der Waals surface area contributed by atoms with Crippen molar-refractivity contribution in [2.24, 2.45) is 5.14 Å². The zero-order valence-corrected chi connectivity index (χ0v) is 15.5. The lowest BCUT2D eigenvalue weighted by Crippen LogP contribution is -2.32. The lowest BCUT2D eigenvalue weighted by molar-refractivity contribution is 0.102. The van der Waals surface area contributed by atoms with Gasteiger partial charge in [0, 0.05) is 11.9 Å². The third kappa shape index (κ3) is 2.85. The third-order valence-electron chi connectivity index (χ3n) is 4.84. The summed E-state index contributed by atoms with van der Waals surface area (Å²) in [6.45, 7) is 0.431. The van der Waals surface area contributed by atoms with Gasteiger partial charge in [0.15, 0.2) is 0 Å². The number of benzene rings is 2. The Morgan fingerprint density at radius 2 is 1.89 bits per heavy atom. The number of nitrogens with zero attached hydrogens (tertiary/aromatic N) is 1. The van der Waals surface area contributed by atoms with Gasteiger partial charge in [-0.05, 0) is 36.6 Å². The summed E-state index contributed by atoms with van der Waals surface area (Å²) < 4.78 is 25.0. The van der Waals surface area contributed by atoms with Crippen LogP contribution in [0.25, 0.3) is 10.9 Å². The molecule has 0 saturated carbocycles. The first-order valence-electron chi connectivity index (χ1n) is 8.59. The molecule has 1 amide bonds. The molecule has 4 rings (SSSR count). The molecule has 1 aromatic heterocycles. The highest BCUT2D eigenvalue weighted by Gasteiger charge is 2.26. The van der Waals surface area contributed by atoms with E-state index < -0.39 is 32.8 Å². The Hall–Kier alpha value is -3.17. The van der Waals surface area contributed by atoms with Crippen LogP contribution in [0, 0.1) is 0 Å². The van der Waals surface area contributed by atoms with Crippen molar-refractivity contribution in [3.05, 3.63) is 63.9 Å². The second kappa shape index (κ2) is 6.47. The average Bonchev–Trinajstić information content (AvgIpc) is 2.65. The Morgan fingerprint density at radius 3 is 2.64 bits per heavy atom. The molecule has 144 valence electrons. The van der Waals surface area contributed by atoms with E-state index in [9.17, 15) is 23.1 Å². The number of nitrogens with one attached hydrogen (secondary N) is 1. The number of sulfonamides is 1. The van der Waals surface area contributed by atoms with E-state index in [2.05, 4.69) is 5.32 Å². The van der Waals surface area contributed by atoms with Gasteiger partial charge >= 0.3 is 0 Å². The number of pyridine rings is 1. The SMILES string of the molecule is NS(=O)(=O)c1ccccc1NC(=O)c1c(O)c2cccc3c2n(c1=O)CCC3. The highest BCUT2D eigenvalue weighted by atomic mass is 32.2. The maximum absolute atomic E-state index is 12.9. The summed E-state index contributed by atoms with van der Waals surface area (Å²) in [6.07, 6.45) is 1.52. The molecule has 0 atom stereocenters. The van der Waals surface area contributed by atoms with Crippen LogP contribution in [0.3, 0.4) is 0 Å². The molecule has 28 heavy (non-hydrogen) atoms. The van der Waals surface area contributed by atoms with Gasteiger partial charge in [-0.2, -0.15) is 0 Å². The number of para-hydroxylation sites is 2. The summed E-state index contributed by atoms with van der Waals surface area (Å²) in [5, 5.41) is 18.6. The summed E-state index contributed by atoms with van der Waals surface area (Å²) in [7, 11) is -4.09. The molecule has 1 aliphatic rings. The van der Waals surface area contributed by atoms with Gasteiger partial charge in [-0.15, -0.1) is 0 Å². The van der Waals surface area contributed by atoms with E-state index in [4.69, 9.17) is 5.14 Å². The number of aromatic hydroxyl groups is 1. The first kappa shape index (κ1) is 18.2. The molecule has 0 aliphatic carbocycles. The van der Waals surface area contributed by atoms with Gasteiger partial charge in [-0.25, -0.2) is 13.6 Å². The maximum atomic E-state index is 12.9. The predicted molar refractivity (Wildman–Crippen MR) is 104 cm³/mol. The van der Waals surface area contributed by atoms with Crippen molar-refractivity contribution in [1.82, 2.24) is 4.57 Å². The normalized spacial score (nSPS) is 13.5. The molecule has 0 fully saturated rings. The van der Waals surface area contributed by atoms with Crippen LogP contribution in [0.5, 0.6) is 5.75 Å². The van der Waals surface area contributed by atoms with Crippen LogP contribution in [-0.4, -0.2) is 24.0 Å². The highest BCUT2D eigenvalue weighted by molar-refractivity contribution is 7.89. The Balaban J connectivity index is 1.88. The van der Waals surface area contributed by atoms with Crippen LogP contribution in [0.2, 0.25) is 0 Å². The van der Waals surface area contributed by atoms with Crippen molar-refractivity contribution in [3.8, 4) is 5.75 Å². The molecule has 0 bridgehead atoms. The van der Waals surface area contributed by atoms with E-state index in [0.29, 0.717) is 17.4 Å². The molecular formula is C19H17N3O5S. The Bertz CT molecular complexity index is 1290. The van der Waals surface area contributed by atoms with E-state index in [1.165, 1.54) is 28.8 Å². The van der Waals surface area contributed by atoms with E-state index in [1.807, 2.05) is 6.07 Å². The second-order valence-corrected chi connectivity index (χ2v) is 8.12. The summed E-state index contributed by atoms with van der Waals surface area (Å²) in [4.78, 5) is 25.5. The lowest BCUT2D eigenvalue weighted by atomic mass is 9.99. The predicted octanol–water partition coefficient (Wildman–Crippen LogP) is 1.55. The summed E-state index contributed by atoms with van der Waals surface area (Å²) in [5.74, 6) is -1.33. The van der Waals surface area contributed by atoms with Crippen molar-refractivity contribution in [3.63, 3.8) is 0 Å². The van der Waals surface area contributed by atoms with Gasteiger partial charge < -0.3 is 15.0 Å². The number of rotatable bonds is 3. The standard InChI is InChI=1S/C19H17N3O5S/c20-28(26,27)14-9-2-1-8-13(14)21-18(24)15-17(23)12-7-3-5-11-6-4-10-22(16(11)12)19(15)25/h1-3,5,7-9,23H,4,6,10H2,(H,21,24)(H2,20,26,27). The second-order valence-electron chi connectivity index (χ2n) is 6.59. The highest BCUT2D eigenvalue weighted by Crippen LogP contribution is 2.32. The van der Waals surface area contributed by atoms with E-state index >= 15 is 0 Å². The molecule has 2 aromatic carbocycles. The largest absolute Gasteiger partial charge is 0.506 e. The minimum atomic E-state index is -4.09. The van der Waals surface area contributed by atoms with Crippen molar-refractivity contribution in [1.29, 1.82) is 0 Å². The first-order valence-corrected chi connectivity index (χ1v) is 10.1. The fraction of sp³-hybridized carbons (Fsp3) is 0.158. The van der Waals surface area contributed by atoms with Crippen LogP contribution in [-0.2, 0) is 23.0 Å². The molecule has 3 aromatic rings. The van der Waals surface area contributed by atoms with E-state index in [-0.39, 0.29) is 10.6 Å². The van der Waals surface area contributed by atoms with Crippen LogP contribution >= 0.6 is 0 Å². The molecular weight excluding hydrogens is 382 g/mol. The number of carbonyl (C=O) groups is 1. The fourth-order valence-corrected chi connectivity index (χ4v) is 4.32. The number of nitrogens with two attached hydrogens (primary N) is 1. The lowest BCUT2D eigenvalue weighted by Gasteiger charge is -2.21. The van der Waals surface area contributed by atoms with Gasteiger partial charge in [-0.3, -0.25) is 9.59 Å². The van der Waals surface area contributed by atoms with Gasteiger partial charge in [0.2, 0.25) is 10.0 Å². The molecule has 0 spiro atoms. The monoisotopic (exact) mass is 399 g/mol. The van der Waals surface area contributed by atoms with Crippen LogP contribution in [0.4, 0.5) is 5.69 Å². The Morgan fingerprint density at radius 1 is 1.14 bits per heavy atom. The molecule has 0 unspecified atom stereocenters. The molecule has 1 aliphatic heterocycles. The number of amides is 1. The Kier molecular flexibility index (Phi) is 4.20. The van der Waals surface area contributed by atoms with E-state index in [1.54, 1.807) is 12.1 Å². The molecule has 9 heteroatoms. The molecule has 2 heterocycles. The fourth-order valence-electron chi connectivity index (χ4n) is 3.62. The molecule has 0 saturated heterocycles. The number of aryl methyl sites for hydroxylation is 2. The number of carbonyl (C=O) groups excluding carboxylic acids is 1. The first-order chi connectivity index (χ1) is 13.3. The summed E-state index contributed by atoms with van der Waals surface area (Å²) in [5.41, 5.74) is 0.431. The van der Waals surface area contributed by atoms with E-state index in [0.717, 1.165) is 18.4 Å². The third-order valence-corrected chi connectivity index (χ3v) is 5.81. The number of aromatic nitrogens is 1. The summed E-state index contributed by atoms with van der Waals surface area (Å²) in [6, 6.07) is 10.9. The van der Waals surface area contributed by atoms with Crippen molar-refractivity contribution >= 4 is 32.5 Å². The number of hydrogen-bond donors (Lipinski definition) is 3. The molecule has 4 N–H and O–H groups in total. The topological polar surface area (TPSA) is 131 Å². The zero-order chi connectivity index (χ0) is 20.1. The number of primary sulfonamides is 1.